The van der Waals surface area contributed by atoms with E-state index in [4.69, 9.17) is 30.5 Å². The fourth-order valence-electron chi connectivity index (χ4n) is 3.27. The Hall–Kier alpha value is -2.65. The predicted molar refractivity (Wildman–Crippen MR) is 123 cm³/mol. The van der Waals surface area contributed by atoms with Crippen LogP contribution in [-0.4, -0.2) is 62.7 Å². The lowest BCUT2D eigenvalue weighted by molar-refractivity contribution is -0.149. The van der Waals surface area contributed by atoms with Gasteiger partial charge in [0.25, 0.3) is 0 Å². The van der Waals surface area contributed by atoms with Gasteiger partial charge in [-0.2, -0.15) is 0 Å². The zero-order chi connectivity index (χ0) is 23.8. The van der Waals surface area contributed by atoms with Crippen molar-refractivity contribution in [1.29, 1.82) is 0 Å². The highest BCUT2D eigenvalue weighted by Crippen LogP contribution is 2.38. The molecule has 0 aliphatic carbocycles. The van der Waals surface area contributed by atoms with Crippen LogP contribution in [0.15, 0.2) is 34.8 Å². The van der Waals surface area contributed by atoms with E-state index in [0.717, 1.165) is 5.56 Å². The summed E-state index contributed by atoms with van der Waals surface area (Å²) < 4.78 is 21.6. The van der Waals surface area contributed by atoms with Gasteiger partial charge in [0, 0.05) is 16.6 Å². The molecule has 0 aromatic heterocycles. The summed E-state index contributed by atoms with van der Waals surface area (Å²) in [5, 5.41) is 10.0. The van der Waals surface area contributed by atoms with Gasteiger partial charge in [0.05, 0.1) is 28.4 Å². The first-order valence-electron chi connectivity index (χ1n) is 9.51. The highest BCUT2D eigenvalue weighted by Gasteiger charge is 2.33. The molecule has 0 saturated carbocycles. The Bertz CT molecular complexity index is 970. The van der Waals surface area contributed by atoms with Gasteiger partial charge in [-0.15, -0.1) is 11.6 Å². The van der Waals surface area contributed by atoms with Gasteiger partial charge in [-0.3, -0.25) is 4.79 Å². The molecule has 0 fully saturated rings. The second-order valence-corrected chi connectivity index (χ2v) is 7.75. The second-order valence-electron chi connectivity index (χ2n) is 6.63. The highest BCUT2D eigenvalue weighted by atomic mass is 79.9. The van der Waals surface area contributed by atoms with Crippen LogP contribution in [0.3, 0.4) is 0 Å². The molecule has 1 unspecified atom stereocenters. The quantitative estimate of drug-likeness (QED) is 0.440. The lowest BCUT2D eigenvalue weighted by Crippen LogP contribution is -2.41. The van der Waals surface area contributed by atoms with Crippen LogP contribution in [0.2, 0.25) is 0 Å². The van der Waals surface area contributed by atoms with Gasteiger partial charge < -0.3 is 29.0 Å². The van der Waals surface area contributed by atoms with Crippen molar-refractivity contribution in [3.05, 3.63) is 45.9 Å². The Kier molecular flexibility index (Phi) is 9.46. The molecular formula is C22H25BrClNO7. The summed E-state index contributed by atoms with van der Waals surface area (Å²) in [6.07, 6.45) is 0.373. The minimum absolute atomic E-state index is 0.110. The summed E-state index contributed by atoms with van der Waals surface area (Å²) in [7, 11) is 5.99. The minimum Gasteiger partial charge on any atom is -0.493 e. The molecule has 1 N–H and O–H groups in total. The molecule has 174 valence electrons. The van der Waals surface area contributed by atoms with Gasteiger partial charge in [0.15, 0.2) is 29.0 Å². The van der Waals surface area contributed by atoms with Crippen LogP contribution < -0.4 is 18.9 Å². The van der Waals surface area contributed by atoms with Gasteiger partial charge >= 0.3 is 5.97 Å². The van der Waals surface area contributed by atoms with Crippen LogP contribution in [-0.2, 0) is 16.0 Å². The van der Waals surface area contributed by atoms with Crippen LogP contribution in [0.25, 0.3) is 0 Å². The zero-order valence-corrected chi connectivity index (χ0v) is 20.5. The molecule has 0 spiro atoms. The van der Waals surface area contributed by atoms with E-state index in [1.54, 1.807) is 18.2 Å². The Morgan fingerprint density at radius 3 is 2.06 bits per heavy atom. The number of nitrogens with zero attached hydrogens (tertiary/aromatic N) is 1. The molecule has 10 heteroatoms. The van der Waals surface area contributed by atoms with Gasteiger partial charge in [-0.25, -0.2) is 4.79 Å². The number of ether oxygens (including phenoxy) is 4. The summed E-state index contributed by atoms with van der Waals surface area (Å²) in [4.78, 5) is 26.2. The third-order valence-electron chi connectivity index (χ3n) is 4.87. The maximum atomic E-state index is 12.7. The number of hydrogen-bond acceptors (Lipinski definition) is 6. The van der Waals surface area contributed by atoms with E-state index >= 15 is 0 Å². The largest absolute Gasteiger partial charge is 0.493 e. The van der Waals surface area contributed by atoms with Crippen molar-refractivity contribution in [2.24, 2.45) is 0 Å². The normalized spacial score (nSPS) is 11.4. The number of carbonyl (C=O) groups excluding carboxylic acids is 1. The number of aliphatic carboxylic acids is 1. The molecule has 0 radical (unpaired) electrons. The number of carbonyl (C=O) groups is 2. The summed E-state index contributed by atoms with van der Waals surface area (Å²) in [5.74, 6) is -0.200. The molecule has 1 atom stereocenters. The molecule has 2 aromatic carbocycles. The lowest BCUT2D eigenvalue weighted by Gasteiger charge is -2.30. The van der Waals surface area contributed by atoms with Gasteiger partial charge in [0.2, 0.25) is 5.91 Å². The number of rotatable bonds is 11. The number of methoxy groups -OCH3 is 4. The maximum Gasteiger partial charge on any atom is 0.331 e. The SMILES string of the molecule is COc1ccc(CCN(C(=O)CCl)C(C(=O)O)c2cc(OC)c(OC)cc2Br)cc1OC. The van der Waals surface area contributed by atoms with E-state index in [1.165, 1.54) is 39.4 Å². The van der Waals surface area contributed by atoms with Crippen molar-refractivity contribution in [1.82, 2.24) is 4.90 Å². The number of carboxylic acid groups (broad SMARTS) is 1. The first-order chi connectivity index (χ1) is 15.3. The molecule has 8 nitrogen and oxygen atoms in total. The van der Waals surface area contributed by atoms with Crippen molar-refractivity contribution in [3.8, 4) is 23.0 Å². The Labute approximate surface area is 200 Å². The van der Waals surface area contributed by atoms with Gasteiger partial charge in [0.1, 0.15) is 5.88 Å². The number of carboxylic acids is 1. The molecule has 0 aliphatic heterocycles. The smallest absolute Gasteiger partial charge is 0.331 e. The van der Waals surface area contributed by atoms with Gasteiger partial charge in [-0.05, 0) is 36.2 Å². The van der Waals surface area contributed by atoms with E-state index in [1.807, 2.05) is 6.07 Å². The monoisotopic (exact) mass is 529 g/mol. The van der Waals surface area contributed by atoms with Crippen molar-refractivity contribution >= 4 is 39.4 Å². The van der Waals surface area contributed by atoms with E-state index in [9.17, 15) is 14.7 Å². The highest BCUT2D eigenvalue weighted by molar-refractivity contribution is 9.10. The Morgan fingerprint density at radius 1 is 0.969 bits per heavy atom. The average Bonchev–Trinajstić information content (AvgIpc) is 2.80. The number of amides is 1. The van der Waals surface area contributed by atoms with Crippen LogP contribution in [0, 0.1) is 0 Å². The topological polar surface area (TPSA) is 94.5 Å². The number of hydrogen-bond donors (Lipinski definition) is 1. The van der Waals surface area contributed by atoms with E-state index in [2.05, 4.69) is 15.9 Å². The molecule has 0 heterocycles. The summed E-state index contributed by atoms with van der Waals surface area (Å²) in [5.41, 5.74) is 1.17. The first-order valence-corrected chi connectivity index (χ1v) is 10.8. The fraction of sp³-hybridized carbons (Fsp3) is 0.364. The zero-order valence-electron chi connectivity index (χ0n) is 18.2. The Balaban J connectivity index is 2.43. The molecule has 0 aliphatic rings. The third kappa shape index (κ3) is 5.77. The number of alkyl halides is 1. The molecule has 0 bridgehead atoms. The van der Waals surface area contributed by atoms with Crippen molar-refractivity contribution < 1.29 is 33.6 Å². The summed E-state index contributed by atoms with van der Waals surface area (Å²) >= 11 is 9.21. The van der Waals surface area contributed by atoms with E-state index < -0.39 is 17.9 Å². The van der Waals surface area contributed by atoms with Gasteiger partial charge in [-0.1, -0.05) is 22.0 Å². The molecular weight excluding hydrogens is 506 g/mol. The average molecular weight is 531 g/mol. The lowest BCUT2D eigenvalue weighted by atomic mass is 10.0. The predicted octanol–water partition coefficient (Wildman–Crippen LogP) is 3.92. The maximum absolute atomic E-state index is 12.7. The van der Waals surface area contributed by atoms with Crippen LogP contribution in [0.5, 0.6) is 23.0 Å². The van der Waals surface area contributed by atoms with Crippen LogP contribution in [0.1, 0.15) is 17.2 Å². The Morgan fingerprint density at radius 2 is 1.53 bits per heavy atom. The fourth-order valence-corrected chi connectivity index (χ4v) is 3.97. The number of halogens is 2. The first kappa shape index (κ1) is 25.6. The second kappa shape index (κ2) is 11.8. The number of benzene rings is 2. The van der Waals surface area contributed by atoms with Crippen LogP contribution >= 0.6 is 27.5 Å². The molecule has 32 heavy (non-hydrogen) atoms. The molecule has 2 rings (SSSR count). The van der Waals surface area contributed by atoms with Crippen molar-refractivity contribution in [3.63, 3.8) is 0 Å². The van der Waals surface area contributed by atoms with Crippen molar-refractivity contribution in [2.45, 2.75) is 12.5 Å². The summed E-state index contributed by atoms with van der Waals surface area (Å²) in [6.45, 7) is 0.110. The van der Waals surface area contributed by atoms with E-state index in [0.29, 0.717) is 39.5 Å². The molecule has 2 aromatic rings. The minimum atomic E-state index is -1.30. The molecule has 1 amide bonds. The summed E-state index contributed by atoms with van der Waals surface area (Å²) in [6, 6.07) is 7.20. The van der Waals surface area contributed by atoms with E-state index in [-0.39, 0.29) is 12.4 Å². The third-order valence-corrected chi connectivity index (χ3v) is 5.78. The molecule has 0 saturated heterocycles. The standard InChI is InChI=1S/C22H25BrClNO7/c1-29-16-6-5-13(9-17(16)30-2)7-8-25(20(26)12-24)21(22(27)28)14-10-18(31-3)19(32-4)11-15(14)23/h5-6,9-11,21H,7-8,12H2,1-4H3,(H,27,28). The van der Waals surface area contributed by atoms with Crippen LogP contribution in [0.4, 0.5) is 0 Å². The van der Waals surface area contributed by atoms with Crippen molar-refractivity contribution in [2.75, 3.05) is 40.9 Å².